The summed E-state index contributed by atoms with van der Waals surface area (Å²) in [5, 5.41) is 21.1. The maximum atomic E-state index is 14.0. The van der Waals surface area contributed by atoms with Gasteiger partial charge in [-0.2, -0.15) is 26.3 Å². The van der Waals surface area contributed by atoms with Crippen LogP contribution in [-0.4, -0.2) is 61.2 Å². The molecule has 1 aliphatic heterocycles. The van der Waals surface area contributed by atoms with Crippen molar-refractivity contribution >= 4 is 27.2 Å². The number of halogens is 6. The van der Waals surface area contributed by atoms with E-state index >= 15 is 0 Å². The first-order valence-corrected chi connectivity index (χ1v) is 15.4. The summed E-state index contributed by atoms with van der Waals surface area (Å²) in [5.74, 6) is -0.808. The Morgan fingerprint density at radius 1 is 0.978 bits per heavy atom. The van der Waals surface area contributed by atoms with Gasteiger partial charge in [0.15, 0.2) is 9.84 Å². The van der Waals surface area contributed by atoms with Crippen molar-refractivity contribution in [2.24, 2.45) is 0 Å². The zero-order valence-electron chi connectivity index (χ0n) is 24.8. The third-order valence-electron chi connectivity index (χ3n) is 7.83. The van der Waals surface area contributed by atoms with Crippen LogP contribution in [0.15, 0.2) is 59.6 Å². The van der Waals surface area contributed by atoms with E-state index in [0.29, 0.717) is 12.1 Å². The van der Waals surface area contributed by atoms with Gasteiger partial charge in [0, 0.05) is 37.4 Å². The Kier molecular flexibility index (Phi) is 8.57. The predicted molar refractivity (Wildman–Crippen MR) is 154 cm³/mol. The van der Waals surface area contributed by atoms with Gasteiger partial charge >= 0.3 is 12.4 Å². The second kappa shape index (κ2) is 11.3. The number of alkyl halides is 6. The number of sulfone groups is 1. The summed E-state index contributed by atoms with van der Waals surface area (Å²) in [4.78, 5) is 20.5. The molecule has 4 rings (SSSR count). The molecule has 2 atom stereocenters. The smallest absolute Gasteiger partial charge is 0.391 e. The number of aliphatic hydroxyl groups is 2. The number of carbonyl (C=O) groups is 1. The third-order valence-corrected chi connectivity index (χ3v) is 8.98. The summed E-state index contributed by atoms with van der Waals surface area (Å²) < 4.78 is 107. The lowest BCUT2D eigenvalue weighted by Gasteiger charge is -2.33. The normalized spacial score (nSPS) is 19.6. The summed E-state index contributed by atoms with van der Waals surface area (Å²) in [7, 11) is -2.62. The molecule has 2 heterocycles. The molecule has 8 nitrogen and oxygen atoms in total. The number of aliphatic hydroxyl groups excluding tert-OH is 1. The van der Waals surface area contributed by atoms with Crippen molar-refractivity contribution in [1.82, 2.24) is 4.98 Å². The Balaban J connectivity index is 1.91. The molecule has 0 aliphatic carbocycles. The molecule has 1 aliphatic rings. The standard InChI is InChI=1S/C30H31F6N3O5S/c1-27(2,17-10-18(29(31,32)33)12-19(11-17)30(34,35)36)26(41)38(4)23-15-37-25(39-16-20(40)14-28(39,3)42)13-22(23)21-8-6-7-9-24(21)45(5,43)44/h6-13,15,20,40,42H,14,16H2,1-5H3. The Hall–Kier alpha value is -3.69. The average Bonchev–Trinajstić information content (AvgIpc) is 3.21. The molecule has 1 fully saturated rings. The van der Waals surface area contributed by atoms with Crippen LogP contribution in [0.1, 0.15) is 43.9 Å². The van der Waals surface area contributed by atoms with Crippen LogP contribution < -0.4 is 9.80 Å². The van der Waals surface area contributed by atoms with Crippen LogP contribution in [0.25, 0.3) is 11.1 Å². The van der Waals surface area contributed by atoms with Crippen LogP contribution in [0.2, 0.25) is 0 Å². The second-order valence-electron chi connectivity index (χ2n) is 11.8. The van der Waals surface area contributed by atoms with Gasteiger partial charge in [-0.15, -0.1) is 0 Å². The Morgan fingerprint density at radius 2 is 1.51 bits per heavy atom. The topological polar surface area (TPSA) is 111 Å². The summed E-state index contributed by atoms with van der Waals surface area (Å²) in [6.07, 6.45) is -9.03. The zero-order chi connectivity index (χ0) is 33.9. The lowest BCUT2D eigenvalue weighted by Crippen LogP contribution is -2.43. The van der Waals surface area contributed by atoms with Gasteiger partial charge in [0.25, 0.3) is 0 Å². The number of anilines is 2. The minimum absolute atomic E-state index is 0.0182. The van der Waals surface area contributed by atoms with Gasteiger partial charge in [0.1, 0.15) is 11.5 Å². The van der Waals surface area contributed by atoms with Crippen molar-refractivity contribution in [3.05, 3.63) is 71.4 Å². The summed E-state index contributed by atoms with van der Waals surface area (Å²) in [6, 6.07) is 8.16. The molecule has 2 unspecified atom stereocenters. The fourth-order valence-electron chi connectivity index (χ4n) is 5.42. The van der Waals surface area contributed by atoms with Crippen LogP contribution in [0.3, 0.4) is 0 Å². The quantitative estimate of drug-likeness (QED) is 0.341. The lowest BCUT2D eigenvalue weighted by molar-refractivity contribution is -0.143. The fourth-order valence-corrected chi connectivity index (χ4v) is 6.32. The maximum Gasteiger partial charge on any atom is 0.416 e. The molecule has 2 N–H and O–H groups in total. The lowest BCUT2D eigenvalue weighted by atomic mass is 9.81. The number of hydrogen-bond donors (Lipinski definition) is 2. The maximum absolute atomic E-state index is 14.0. The molecule has 0 radical (unpaired) electrons. The SMILES string of the molecule is CN(C(=O)C(C)(C)c1cc(C(F)(F)F)cc(C(F)(F)F)c1)c1cnc(N2CC(O)CC2(C)O)cc1-c1ccccc1S(C)(=O)=O. The number of β-amino-alcohol motifs (C(OH)–C–C–N with tert-alkyl or cyclic N) is 1. The minimum atomic E-state index is -5.13. The number of likely N-dealkylation sites (N-methyl/N-ethyl adjacent to an activating group) is 1. The molecule has 244 valence electrons. The van der Waals surface area contributed by atoms with Crippen LogP contribution in [0.5, 0.6) is 0 Å². The van der Waals surface area contributed by atoms with Gasteiger partial charge in [-0.05, 0) is 56.7 Å². The first-order chi connectivity index (χ1) is 20.4. The number of benzene rings is 2. The van der Waals surface area contributed by atoms with Crippen LogP contribution in [0, 0.1) is 0 Å². The Labute approximate surface area is 255 Å². The highest BCUT2D eigenvalue weighted by molar-refractivity contribution is 7.90. The second-order valence-corrected chi connectivity index (χ2v) is 13.8. The average molecular weight is 660 g/mol. The van der Waals surface area contributed by atoms with E-state index in [9.17, 15) is 49.8 Å². The first-order valence-electron chi connectivity index (χ1n) is 13.5. The van der Waals surface area contributed by atoms with E-state index in [2.05, 4.69) is 4.98 Å². The first kappa shape index (κ1) is 34.2. The third kappa shape index (κ3) is 6.79. The Bertz CT molecular complexity index is 1710. The molecule has 1 saturated heterocycles. The molecule has 1 aromatic heterocycles. The fraction of sp³-hybridized carbons (Fsp3) is 0.400. The molecule has 2 aromatic carbocycles. The van der Waals surface area contributed by atoms with E-state index in [1.165, 1.54) is 69.2 Å². The number of amides is 1. The molecule has 3 aromatic rings. The highest BCUT2D eigenvalue weighted by atomic mass is 32.2. The van der Waals surface area contributed by atoms with E-state index in [1.54, 1.807) is 0 Å². The van der Waals surface area contributed by atoms with E-state index in [1.807, 2.05) is 0 Å². The minimum Gasteiger partial charge on any atom is -0.391 e. The summed E-state index contributed by atoms with van der Waals surface area (Å²) in [6.45, 7) is 3.78. The van der Waals surface area contributed by atoms with Crippen LogP contribution in [-0.2, 0) is 32.4 Å². The van der Waals surface area contributed by atoms with E-state index in [0.717, 1.165) is 11.2 Å². The van der Waals surface area contributed by atoms with E-state index in [-0.39, 0.29) is 46.6 Å². The monoisotopic (exact) mass is 659 g/mol. The molecule has 0 spiro atoms. The molecule has 1 amide bonds. The van der Waals surface area contributed by atoms with Crippen molar-refractivity contribution in [2.75, 3.05) is 29.6 Å². The molecule has 45 heavy (non-hydrogen) atoms. The summed E-state index contributed by atoms with van der Waals surface area (Å²) >= 11 is 0. The molecular weight excluding hydrogens is 628 g/mol. The number of hydrogen-bond acceptors (Lipinski definition) is 7. The highest BCUT2D eigenvalue weighted by Gasteiger charge is 2.43. The molecular formula is C30H31F6N3O5S. The van der Waals surface area contributed by atoms with Crippen molar-refractivity contribution in [2.45, 2.75) is 61.7 Å². The van der Waals surface area contributed by atoms with Gasteiger partial charge in [-0.25, -0.2) is 13.4 Å². The van der Waals surface area contributed by atoms with Crippen LogP contribution >= 0.6 is 0 Å². The van der Waals surface area contributed by atoms with Gasteiger partial charge in [0.05, 0.1) is 39.4 Å². The summed E-state index contributed by atoms with van der Waals surface area (Å²) in [5.41, 5.74) is -6.98. The number of aromatic nitrogens is 1. The van der Waals surface area contributed by atoms with Gasteiger partial charge in [-0.1, -0.05) is 18.2 Å². The molecule has 15 heteroatoms. The van der Waals surface area contributed by atoms with E-state index in [4.69, 9.17) is 0 Å². The predicted octanol–water partition coefficient (Wildman–Crippen LogP) is 5.41. The molecule has 0 saturated carbocycles. The van der Waals surface area contributed by atoms with Crippen molar-refractivity contribution in [3.8, 4) is 11.1 Å². The van der Waals surface area contributed by atoms with Crippen molar-refractivity contribution < 1.29 is 49.8 Å². The molecule has 0 bridgehead atoms. The van der Waals surface area contributed by atoms with Gasteiger partial charge in [-0.3, -0.25) is 4.79 Å². The number of carbonyl (C=O) groups excluding carboxylic acids is 1. The zero-order valence-corrected chi connectivity index (χ0v) is 25.6. The van der Waals surface area contributed by atoms with Crippen molar-refractivity contribution in [3.63, 3.8) is 0 Å². The van der Waals surface area contributed by atoms with Crippen molar-refractivity contribution in [1.29, 1.82) is 0 Å². The van der Waals surface area contributed by atoms with Gasteiger partial charge < -0.3 is 20.0 Å². The van der Waals surface area contributed by atoms with Gasteiger partial charge in [0.2, 0.25) is 5.91 Å². The van der Waals surface area contributed by atoms with Crippen LogP contribution in [0.4, 0.5) is 37.8 Å². The number of nitrogens with zero attached hydrogens (tertiary/aromatic N) is 3. The largest absolute Gasteiger partial charge is 0.416 e. The number of rotatable bonds is 6. The van der Waals surface area contributed by atoms with E-state index < -0.39 is 62.0 Å². The highest BCUT2D eigenvalue weighted by Crippen LogP contribution is 2.42. The number of pyridine rings is 1. The Morgan fingerprint density at radius 3 is 2.00 bits per heavy atom.